The molecule has 1 rings (SSSR count). The lowest BCUT2D eigenvalue weighted by molar-refractivity contribution is -0.136. The minimum absolute atomic E-state index is 0.157. The molecule has 16 heavy (non-hydrogen) atoms. The normalized spacial score (nSPS) is 15.6. The molecule has 3 nitrogen and oxygen atoms in total. The van der Waals surface area contributed by atoms with Gasteiger partial charge in [-0.15, -0.1) is 0 Å². The second-order valence-corrected chi connectivity index (χ2v) is 5.71. The number of nitrogens with zero attached hydrogens (tertiary/aromatic N) is 1. The highest BCUT2D eigenvalue weighted by Crippen LogP contribution is 2.15. The molecule has 0 saturated heterocycles. The van der Waals surface area contributed by atoms with E-state index in [1.54, 1.807) is 0 Å². The van der Waals surface area contributed by atoms with Gasteiger partial charge in [0.15, 0.2) is 0 Å². The minimum atomic E-state index is -0.157. The molecule has 0 aliphatic carbocycles. The standard InChI is InChI=1S/C12H19NO2Si/c1-3-10(4-2)16-9-5-8-13-11(14)6-7-12(13)15/h6-7,10H,3-5,8-9H2,1-2H3. The molecule has 1 aliphatic heterocycles. The highest BCUT2D eigenvalue weighted by atomic mass is 28.2. The van der Waals surface area contributed by atoms with Crippen LogP contribution < -0.4 is 0 Å². The van der Waals surface area contributed by atoms with E-state index in [1.807, 2.05) is 0 Å². The van der Waals surface area contributed by atoms with Gasteiger partial charge >= 0.3 is 0 Å². The summed E-state index contributed by atoms with van der Waals surface area (Å²) in [6, 6.07) is 1.13. The first-order valence-electron chi connectivity index (χ1n) is 5.96. The van der Waals surface area contributed by atoms with Crippen molar-refractivity contribution in [1.82, 2.24) is 4.90 Å². The number of rotatable bonds is 7. The van der Waals surface area contributed by atoms with Gasteiger partial charge in [0.2, 0.25) is 0 Å². The molecule has 0 saturated carbocycles. The average Bonchev–Trinajstić information content (AvgIpc) is 2.60. The van der Waals surface area contributed by atoms with Gasteiger partial charge in [-0.05, 0) is 12.0 Å². The average molecular weight is 237 g/mol. The van der Waals surface area contributed by atoms with Crippen molar-refractivity contribution in [2.75, 3.05) is 6.54 Å². The molecule has 0 unspecified atom stereocenters. The van der Waals surface area contributed by atoms with E-state index in [2.05, 4.69) is 13.8 Å². The van der Waals surface area contributed by atoms with Crippen LogP contribution in [-0.2, 0) is 9.59 Å². The van der Waals surface area contributed by atoms with Crippen LogP contribution in [-0.4, -0.2) is 32.8 Å². The van der Waals surface area contributed by atoms with Crippen LogP contribution in [0.4, 0.5) is 0 Å². The fourth-order valence-electron chi connectivity index (χ4n) is 1.77. The van der Waals surface area contributed by atoms with Gasteiger partial charge in [0.1, 0.15) is 0 Å². The summed E-state index contributed by atoms with van der Waals surface area (Å²) in [5.74, 6) is -0.313. The van der Waals surface area contributed by atoms with Crippen LogP contribution in [0.15, 0.2) is 12.2 Å². The van der Waals surface area contributed by atoms with Crippen LogP contribution in [0.25, 0.3) is 0 Å². The summed E-state index contributed by atoms with van der Waals surface area (Å²) in [4.78, 5) is 23.8. The largest absolute Gasteiger partial charge is 0.275 e. The fourth-order valence-corrected chi connectivity index (χ4v) is 3.12. The smallest absolute Gasteiger partial charge is 0.253 e. The van der Waals surface area contributed by atoms with Crippen LogP contribution in [0.5, 0.6) is 0 Å². The third-order valence-corrected chi connectivity index (χ3v) is 4.91. The van der Waals surface area contributed by atoms with Gasteiger partial charge in [-0.1, -0.05) is 32.7 Å². The Morgan fingerprint density at radius 3 is 2.25 bits per heavy atom. The Labute approximate surface area is 99.7 Å². The number of hydrogen-bond donors (Lipinski definition) is 0. The second kappa shape index (κ2) is 6.63. The van der Waals surface area contributed by atoms with E-state index >= 15 is 0 Å². The van der Waals surface area contributed by atoms with Crippen LogP contribution in [0.1, 0.15) is 33.1 Å². The van der Waals surface area contributed by atoms with Crippen molar-refractivity contribution < 1.29 is 9.59 Å². The van der Waals surface area contributed by atoms with Gasteiger partial charge in [0.05, 0.1) is 0 Å². The molecule has 1 aliphatic rings. The van der Waals surface area contributed by atoms with Crippen LogP contribution in [0, 0.1) is 0 Å². The third-order valence-electron chi connectivity index (χ3n) is 2.88. The van der Waals surface area contributed by atoms with Gasteiger partial charge in [-0.25, -0.2) is 0 Å². The van der Waals surface area contributed by atoms with Crippen molar-refractivity contribution in [2.45, 2.75) is 44.7 Å². The molecule has 0 N–H and O–H groups in total. The van der Waals surface area contributed by atoms with E-state index in [0.717, 1.165) is 27.5 Å². The molecule has 1 heterocycles. The Hall–Kier alpha value is -0.903. The van der Waals surface area contributed by atoms with Crippen molar-refractivity contribution >= 4 is 21.3 Å². The van der Waals surface area contributed by atoms with Crippen molar-refractivity contribution in [2.24, 2.45) is 0 Å². The third kappa shape index (κ3) is 3.59. The first-order valence-corrected chi connectivity index (χ1v) is 7.24. The zero-order valence-electron chi connectivity index (χ0n) is 10.0. The maximum Gasteiger partial charge on any atom is 0.253 e. The summed E-state index contributed by atoms with van der Waals surface area (Å²) in [5.41, 5.74) is 0.822. The van der Waals surface area contributed by atoms with Crippen molar-refractivity contribution in [3.63, 3.8) is 0 Å². The summed E-state index contributed by atoms with van der Waals surface area (Å²) in [6.07, 6.45) is 6.11. The minimum Gasteiger partial charge on any atom is -0.275 e. The molecule has 0 fully saturated rings. The molecule has 0 bridgehead atoms. The second-order valence-electron chi connectivity index (χ2n) is 3.98. The van der Waals surface area contributed by atoms with Gasteiger partial charge in [-0.2, -0.15) is 0 Å². The molecule has 0 spiro atoms. The summed E-state index contributed by atoms with van der Waals surface area (Å²) in [7, 11) is 0.961. The maximum atomic E-state index is 11.2. The zero-order valence-corrected chi connectivity index (χ0v) is 11.0. The fraction of sp³-hybridized carbons (Fsp3) is 0.667. The van der Waals surface area contributed by atoms with E-state index in [4.69, 9.17) is 0 Å². The lowest BCUT2D eigenvalue weighted by Gasteiger charge is -2.14. The van der Waals surface area contributed by atoms with Gasteiger partial charge in [0, 0.05) is 28.2 Å². The molecule has 2 radical (unpaired) electrons. The zero-order chi connectivity index (χ0) is 12.0. The van der Waals surface area contributed by atoms with Gasteiger partial charge in [-0.3, -0.25) is 14.5 Å². The Kier molecular flexibility index (Phi) is 5.45. The molecule has 4 heteroatoms. The summed E-state index contributed by atoms with van der Waals surface area (Å²) >= 11 is 0. The Morgan fingerprint density at radius 2 is 1.75 bits per heavy atom. The molecular weight excluding hydrogens is 218 g/mol. The van der Waals surface area contributed by atoms with E-state index in [1.165, 1.54) is 29.9 Å². The first kappa shape index (κ1) is 13.2. The lowest BCUT2D eigenvalue weighted by atomic mass is 10.3. The van der Waals surface area contributed by atoms with Crippen molar-refractivity contribution in [3.05, 3.63) is 12.2 Å². The van der Waals surface area contributed by atoms with Gasteiger partial charge in [0.25, 0.3) is 11.8 Å². The first-order chi connectivity index (χ1) is 7.69. The summed E-state index contributed by atoms with van der Waals surface area (Å²) in [6.45, 7) is 5.02. The highest BCUT2D eigenvalue weighted by Gasteiger charge is 2.22. The Bertz CT molecular complexity index is 267. The van der Waals surface area contributed by atoms with Crippen LogP contribution >= 0.6 is 0 Å². The molecule has 88 valence electrons. The Morgan fingerprint density at radius 1 is 1.19 bits per heavy atom. The Balaban J connectivity index is 2.16. The van der Waals surface area contributed by atoms with E-state index < -0.39 is 0 Å². The van der Waals surface area contributed by atoms with Crippen molar-refractivity contribution in [1.29, 1.82) is 0 Å². The molecule has 2 amide bonds. The lowest BCUT2D eigenvalue weighted by Crippen LogP contribution is -2.31. The predicted octanol–water partition coefficient (Wildman–Crippen LogP) is 2.03. The molecular formula is C12H19NO2Si. The molecule has 0 aromatic heterocycles. The van der Waals surface area contributed by atoms with Crippen molar-refractivity contribution in [3.8, 4) is 0 Å². The van der Waals surface area contributed by atoms with E-state index in [-0.39, 0.29) is 11.8 Å². The monoisotopic (exact) mass is 237 g/mol. The quantitative estimate of drug-likeness (QED) is 0.386. The van der Waals surface area contributed by atoms with Gasteiger partial charge < -0.3 is 0 Å². The number of carbonyl (C=O) groups excluding carboxylic acids is 2. The molecule has 0 atom stereocenters. The molecule has 0 aromatic carbocycles. The van der Waals surface area contributed by atoms with Crippen LogP contribution in [0.3, 0.4) is 0 Å². The van der Waals surface area contributed by atoms with Crippen LogP contribution in [0.2, 0.25) is 11.6 Å². The van der Waals surface area contributed by atoms with E-state index in [0.29, 0.717) is 6.54 Å². The topological polar surface area (TPSA) is 37.4 Å². The number of hydrogen-bond acceptors (Lipinski definition) is 2. The maximum absolute atomic E-state index is 11.2. The van der Waals surface area contributed by atoms with E-state index in [9.17, 15) is 9.59 Å². The number of carbonyl (C=O) groups is 2. The predicted molar refractivity (Wildman–Crippen MR) is 65.4 cm³/mol. The summed E-state index contributed by atoms with van der Waals surface area (Å²) in [5, 5.41) is 0. The molecule has 0 aromatic rings. The summed E-state index contributed by atoms with van der Waals surface area (Å²) < 4.78 is 0. The number of amides is 2. The number of imide groups is 1. The highest BCUT2D eigenvalue weighted by molar-refractivity contribution is 6.37. The SMILES string of the molecule is CCC(CC)[Si]CCCN1C(=O)C=CC1=O.